The number of methoxy groups -OCH3 is 1. The van der Waals surface area contributed by atoms with Crippen LogP contribution in [0, 0.1) is 0 Å². The molecule has 1 aromatic heterocycles. The summed E-state index contributed by atoms with van der Waals surface area (Å²) >= 11 is 0. The number of hydrogen-bond donors (Lipinski definition) is 1. The van der Waals surface area contributed by atoms with Gasteiger partial charge in [-0.05, 0) is 35.9 Å². The predicted octanol–water partition coefficient (Wildman–Crippen LogP) is 2.80. The first-order chi connectivity index (χ1) is 10.6. The first-order valence-corrected chi connectivity index (χ1v) is 7.14. The van der Waals surface area contributed by atoms with Gasteiger partial charge < -0.3 is 19.9 Å². The molecule has 0 aliphatic rings. The van der Waals surface area contributed by atoms with Crippen LogP contribution in [-0.4, -0.2) is 23.7 Å². The minimum Gasteiger partial charge on any atom is -0.497 e. The zero-order chi connectivity index (χ0) is 15.7. The van der Waals surface area contributed by atoms with Crippen LogP contribution in [0.3, 0.4) is 0 Å². The van der Waals surface area contributed by atoms with Gasteiger partial charge in [-0.3, -0.25) is 0 Å². The van der Waals surface area contributed by atoms with E-state index in [2.05, 4.69) is 41.2 Å². The molecule has 0 radical (unpaired) electrons. The normalized spacial score (nSPS) is 10.9. The molecule has 0 spiro atoms. The second-order valence-electron chi connectivity index (χ2n) is 5.41. The highest BCUT2D eigenvalue weighted by molar-refractivity contribution is 5.82. The minimum absolute atomic E-state index is 0.530. The van der Waals surface area contributed by atoms with Crippen LogP contribution in [0.4, 0.5) is 11.6 Å². The molecule has 3 aromatic rings. The Morgan fingerprint density at radius 1 is 1.23 bits per heavy atom. The molecular formula is C17H20N4O. The largest absolute Gasteiger partial charge is 0.497 e. The van der Waals surface area contributed by atoms with Crippen LogP contribution < -0.4 is 15.4 Å². The Morgan fingerprint density at radius 3 is 2.82 bits per heavy atom. The maximum Gasteiger partial charge on any atom is 0.200 e. The van der Waals surface area contributed by atoms with Crippen molar-refractivity contribution in [2.75, 3.05) is 24.8 Å². The lowest BCUT2D eigenvalue weighted by atomic mass is 10.2. The van der Waals surface area contributed by atoms with Crippen molar-refractivity contribution in [2.24, 2.45) is 7.05 Å². The van der Waals surface area contributed by atoms with Crippen molar-refractivity contribution in [2.45, 2.75) is 6.54 Å². The SMILES string of the molecule is COc1cccc(CN(C)c2ccc3c(c2)nc(N)n3C)c1. The molecule has 22 heavy (non-hydrogen) atoms. The molecule has 5 heteroatoms. The van der Waals surface area contributed by atoms with Crippen molar-refractivity contribution in [1.29, 1.82) is 0 Å². The van der Waals surface area contributed by atoms with Gasteiger partial charge in [-0.1, -0.05) is 12.1 Å². The number of nitrogen functional groups attached to an aromatic ring is 1. The Balaban J connectivity index is 1.86. The molecule has 0 atom stereocenters. The first-order valence-electron chi connectivity index (χ1n) is 7.14. The number of nitrogens with two attached hydrogens (primary N) is 1. The molecule has 0 bridgehead atoms. The topological polar surface area (TPSA) is 56.3 Å². The summed E-state index contributed by atoms with van der Waals surface area (Å²) < 4.78 is 7.16. The summed E-state index contributed by atoms with van der Waals surface area (Å²) in [5.74, 6) is 1.40. The highest BCUT2D eigenvalue weighted by Gasteiger charge is 2.08. The van der Waals surface area contributed by atoms with Crippen LogP contribution >= 0.6 is 0 Å². The molecule has 5 nitrogen and oxygen atoms in total. The summed E-state index contributed by atoms with van der Waals surface area (Å²) in [6.45, 7) is 0.797. The van der Waals surface area contributed by atoms with Crippen molar-refractivity contribution >= 4 is 22.7 Å². The number of aryl methyl sites for hydroxylation is 1. The molecular weight excluding hydrogens is 276 g/mol. The Hall–Kier alpha value is -2.69. The molecule has 114 valence electrons. The number of fused-ring (bicyclic) bond motifs is 1. The lowest BCUT2D eigenvalue weighted by Crippen LogP contribution is -2.16. The molecule has 0 saturated heterocycles. The average molecular weight is 296 g/mol. The Bertz CT molecular complexity index is 810. The lowest BCUT2D eigenvalue weighted by molar-refractivity contribution is 0.414. The summed E-state index contributed by atoms with van der Waals surface area (Å²) in [7, 11) is 5.67. The lowest BCUT2D eigenvalue weighted by Gasteiger charge is -2.19. The van der Waals surface area contributed by atoms with Gasteiger partial charge in [0.2, 0.25) is 5.95 Å². The monoisotopic (exact) mass is 296 g/mol. The van der Waals surface area contributed by atoms with E-state index >= 15 is 0 Å². The number of nitrogens with zero attached hydrogens (tertiary/aromatic N) is 3. The van der Waals surface area contributed by atoms with Crippen molar-refractivity contribution in [3.05, 3.63) is 48.0 Å². The Labute approximate surface area is 129 Å². The van der Waals surface area contributed by atoms with Crippen LogP contribution in [0.25, 0.3) is 11.0 Å². The van der Waals surface area contributed by atoms with E-state index in [4.69, 9.17) is 10.5 Å². The molecule has 2 aromatic carbocycles. The first kappa shape index (κ1) is 14.3. The van der Waals surface area contributed by atoms with Gasteiger partial charge >= 0.3 is 0 Å². The zero-order valence-electron chi connectivity index (χ0n) is 13.1. The third kappa shape index (κ3) is 2.57. The molecule has 1 heterocycles. The minimum atomic E-state index is 0.530. The van der Waals surface area contributed by atoms with Crippen LogP contribution in [0.1, 0.15) is 5.56 Å². The van der Waals surface area contributed by atoms with E-state index in [1.807, 2.05) is 29.8 Å². The number of aromatic nitrogens is 2. The molecule has 2 N–H and O–H groups in total. The van der Waals surface area contributed by atoms with E-state index in [-0.39, 0.29) is 0 Å². The van der Waals surface area contributed by atoms with Gasteiger partial charge in [-0.25, -0.2) is 4.98 Å². The molecule has 3 rings (SSSR count). The van der Waals surface area contributed by atoms with Crippen molar-refractivity contribution in [3.63, 3.8) is 0 Å². The summed E-state index contributed by atoms with van der Waals surface area (Å²) in [6.07, 6.45) is 0. The summed E-state index contributed by atoms with van der Waals surface area (Å²) in [6, 6.07) is 14.3. The maximum absolute atomic E-state index is 5.86. The van der Waals surface area contributed by atoms with E-state index in [0.29, 0.717) is 5.95 Å². The zero-order valence-corrected chi connectivity index (χ0v) is 13.1. The van der Waals surface area contributed by atoms with E-state index in [1.54, 1.807) is 7.11 Å². The summed E-state index contributed by atoms with van der Waals surface area (Å²) in [5.41, 5.74) is 10.1. The van der Waals surface area contributed by atoms with Crippen molar-refractivity contribution < 1.29 is 4.74 Å². The fourth-order valence-electron chi connectivity index (χ4n) is 2.58. The van der Waals surface area contributed by atoms with Crippen LogP contribution in [0.2, 0.25) is 0 Å². The van der Waals surface area contributed by atoms with E-state index < -0.39 is 0 Å². The smallest absolute Gasteiger partial charge is 0.200 e. The standard InChI is InChI=1S/C17H20N4O/c1-20(11-12-5-4-6-14(9-12)22-3)13-7-8-16-15(10-13)19-17(18)21(16)2/h4-10H,11H2,1-3H3,(H2,18,19). The number of ether oxygens (including phenoxy) is 1. The van der Waals surface area contributed by atoms with Gasteiger partial charge in [0.15, 0.2) is 0 Å². The summed E-state index contributed by atoms with van der Waals surface area (Å²) in [5, 5.41) is 0. The fourth-order valence-corrected chi connectivity index (χ4v) is 2.58. The third-order valence-electron chi connectivity index (χ3n) is 3.89. The highest BCUT2D eigenvalue weighted by atomic mass is 16.5. The van der Waals surface area contributed by atoms with E-state index in [9.17, 15) is 0 Å². The average Bonchev–Trinajstić information content (AvgIpc) is 2.81. The molecule has 0 fully saturated rings. The van der Waals surface area contributed by atoms with Crippen molar-refractivity contribution in [1.82, 2.24) is 9.55 Å². The Kier molecular flexibility index (Phi) is 3.63. The number of imidazole rings is 1. The predicted molar refractivity (Wildman–Crippen MR) is 90.2 cm³/mol. The van der Waals surface area contributed by atoms with Crippen LogP contribution in [0.15, 0.2) is 42.5 Å². The van der Waals surface area contributed by atoms with Gasteiger partial charge in [-0.2, -0.15) is 0 Å². The quantitative estimate of drug-likeness (QED) is 0.804. The van der Waals surface area contributed by atoms with Gasteiger partial charge in [-0.15, -0.1) is 0 Å². The van der Waals surface area contributed by atoms with E-state index in [0.717, 1.165) is 29.0 Å². The second-order valence-corrected chi connectivity index (χ2v) is 5.41. The van der Waals surface area contributed by atoms with Gasteiger partial charge in [0.25, 0.3) is 0 Å². The highest BCUT2D eigenvalue weighted by Crippen LogP contribution is 2.24. The van der Waals surface area contributed by atoms with E-state index in [1.165, 1.54) is 5.56 Å². The molecule has 0 aliphatic carbocycles. The maximum atomic E-state index is 5.86. The van der Waals surface area contributed by atoms with Gasteiger partial charge in [0.05, 0.1) is 18.1 Å². The number of rotatable bonds is 4. The van der Waals surface area contributed by atoms with Crippen LogP contribution in [0.5, 0.6) is 5.75 Å². The molecule has 0 unspecified atom stereocenters. The fraction of sp³-hybridized carbons (Fsp3) is 0.235. The van der Waals surface area contributed by atoms with Gasteiger partial charge in [0.1, 0.15) is 5.75 Å². The third-order valence-corrected chi connectivity index (χ3v) is 3.89. The molecule has 0 amide bonds. The Morgan fingerprint density at radius 2 is 2.05 bits per heavy atom. The second kappa shape index (κ2) is 5.60. The number of benzene rings is 2. The molecule has 0 aliphatic heterocycles. The number of anilines is 2. The van der Waals surface area contributed by atoms with Gasteiger partial charge in [0, 0.05) is 26.3 Å². The summed E-state index contributed by atoms with van der Waals surface area (Å²) in [4.78, 5) is 6.56. The van der Waals surface area contributed by atoms with Crippen LogP contribution in [-0.2, 0) is 13.6 Å². The molecule has 0 saturated carbocycles. The van der Waals surface area contributed by atoms with Crippen molar-refractivity contribution in [3.8, 4) is 5.75 Å². The number of hydrogen-bond acceptors (Lipinski definition) is 4.